The third-order valence-corrected chi connectivity index (χ3v) is 3.73. The summed E-state index contributed by atoms with van der Waals surface area (Å²) in [6.07, 6.45) is 0. The molecule has 0 heterocycles. The molecule has 0 aromatic heterocycles. The Morgan fingerprint density at radius 2 is 1.64 bits per heavy atom. The monoisotopic (exact) mass is 499 g/mol. The first-order valence-electron chi connectivity index (χ1n) is 8.33. The lowest BCUT2D eigenvalue weighted by molar-refractivity contribution is -0.117. The van der Waals surface area contributed by atoms with Crippen LogP contribution in [0.4, 0.5) is 4.39 Å². The molecular formula is C19H23FIN5O2. The maximum absolute atomic E-state index is 13.6. The van der Waals surface area contributed by atoms with Gasteiger partial charge in [-0.25, -0.2) is 4.39 Å². The molecule has 5 N–H and O–H groups in total. The summed E-state index contributed by atoms with van der Waals surface area (Å²) in [6, 6.07) is 13.4. The average Bonchev–Trinajstić information content (AvgIpc) is 2.68. The summed E-state index contributed by atoms with van der Waals surface area (Å²) in [6.45, 7) is 0.581. The fourth-order valence-corrected chi connectivity index (χ4v) is 2.27. The van der Waals surface area contributed by atoms with E-state index in [9.17, 15) is 14.0 Å². The molecule has 2 aromatic carbocycles. The van der Waals surface area contributed by atoms with Gasteiger partial charge in [0.1, 0.15) is 5.82 Å². The van der Waals surface area contributed by atoms with Crippen molar-refractivity contribution >= 4 is 41.8 Å². The van der Waals surface area contributed by atoms with Crippen molar-refractivity contribution in [3.63, 3.8) is 0 Å². The minimum absolute atomic E-state index is 0. The lowest BCUT2D eigenvalue weighted by Gasteiger charge is -2.12. The molecule has 0 saturated heterocycles. The van der Waals surface area contributed by atoms with Crippen molar-refractivity contribution in [1.29, 1.82) is 0 Å². The smallest absolute Gasteiger partial charge is 0.251 e. The van der Waals surface area contributed by atoms with Gasteiger partial charge in [0.2, 0.25) is 5.91 Å². The van der Waals surface area contributed by atoms with Crippen molar-refractivity contribution in [3.8, 4) is 0 Å². The summed E-state index contributed by atoms with van der Waals surface area (Å²) < 4.78 is 13.6. The molecule has 0 spiro atoms. The van der Waals surface area contributed by atoms with Crippen LogP contribution in [0.15, 0.2) is 53.5 Å². The van der Waals surface area contributed by atoms with Gasteiger partial charge in [0.05, 0.1) is 6.54 Å². The molecule has 0 bridgehead atoms. The second-order valence-corrected chi connectivity index (χ2v) is 5.72. The molecule has 0 aliphatic rings. The van der Waals surface area contributed by atoms with Crippen molar-refractivity contribution in [1.82, 2.24) is 16.0 Å². The van der Waals surface area contributed by atoms with Crippen molar-refractivity contribution < 1.29 is 14.0 Å². The number of carbonyl (C=O) groups excluding carboxylic acids is 2. The number of benzene rings is 2. The fourth-order valence-electron chi connectivity index (χ4n) is 2.27. The van der Waals surface area contributed by atoms with Crippen molar-refractivity contribution in [2.24, 2.45) is 10.7 Å². The number of rotatable bonds is 7. The van der Waals surface area contributed by atoms with E-state index in [1.165, 1.54) is 6.07 Å². The minimum Gasteiger partial charge on any atom is -0.368 e. The summed E-state index contributed by atoms with van der Waals surface area (Å²) in [5.74, 6) is -0.707. The maximum atomic E-state index is 13.6. The summed E-state index contributed by atoms with van der Waals surface area (Å²) >= 11 is 0. The van der Waals surface area contributed by atoms with Gasteiger partial charge in [-0.2, -0.15) is 0 Å². The molecule has 2 rings (SSSR count). The molecule has 9 heteroatoms. The number of guanidine groups is 1. The Labute approximate surface area is 180 Å². The van der Waals surface area contributed by atoms with Crippen LogP contribution in [0.2, 0.25) is 0 Å². The Hall–Kier alpha value is -2.69. The van der Waals surface area contributed by atoms with Crippen LogP contribution in [0.5, 0.6) is 0 Å². The molecule has 2 aromatic rings. The Morgan fingerprint density at radius 3 is 2.25 bits per heavy atom. The third kappa shape index (κ3) is 7.51. The van der Waals surface area contributed by atoms with Gasteiger partial charge in [-0.15, -0.1) is 24.0 Å². The number of nitrogens with one attached hydrogen (secondary N) is 3. The van der Waals surface area contributed by atoms with Crippen LogP contribution >= 0.6 is 24.0 Å². The van der Waals surface area contributed by atoms with Gasteiger partial charge in [-0.05, 0) is 23.8 Å². The van der Waals surface area contributed by atoms with Crippen molar-refractivity contribution in [2.75, 3.05) is 13.6 Å². The lowest BCUT2D eigenvalue weighted by atomic mass is 10.1. The van der Waals surface area contributed by atoms with E-state index in [2.05, 4.69) is 20.9 Å². The number of carbonyl (C=O) groups is 2. The Bertz CT molecular complexity index is 827. The molecule has 0 radical (unpaired) electrons. The highest BCUT2D eigenvalue weighted by molar-refractivity contribution is 14.0. The zero-order valence-electron chi connectivity index (χ0n) is 15.4. The predicted octanol–water partition coefficient (Wildman–Crippen LogP) is 1.52. The first-order chi connectivity index (χ1) is 13.0. The Morgan fingerprint density at radius 1 is 1.00 bits per heavy atom. The predicted molar refractivity (Wildman–Crippen MR) is 117 cm³/mol. The molecule has 0 atom stereocenters. The van der Waals surface area contributed by atoms with Gasteiger partial charge in [0.15, 0.2) is 5.96 Å². The molecule has 28 heavy (non-hydrogen) atoms. The third-order valence-electron chi connectivity index (χ3n) is 3.73. The van der Waals surface area contributed by atoms with E-state index in [-0.39, 0.29) is 42.2 Å². The van der Waals surface area contributed by atoms with Crippen LogP contribution in [0.3, 0.4) is 0 Å². The minimum atomic E-state index is -0.599. The van der Waals surface area contributed by atoms with Crippen molar-refractivity contribution in [2.45, 2.75) is 13.1 Å². The van der Waals surface area contributed by atoms with E-state index < -0.39 is 5.91 Å². The second kappa shape index (κ2) is 11.9. The van der Waals surface area contributed by atoms with E-state index in [1.807, 2.05) is 0 Å². The quantitative estimate of drug-likeness (QED) is 0.263. The number of halogens is 2. The molecule has 7 nitrogen and oxygen atoms in total. The summed E-state index contributed by atoms with van der Waals surface area (Å²) in [5, 5.41) is 8.59. The molecule has 0 aliphatic heterocycles. The van der Waals surface area contributed by atoms with Gasteiger partial charge in [0.25, 0.3) is 5.91 Å². The molecule has 0 aliphatic carbocycles. The van der Waals surface area contributed by atoms with Gasteiger partial charge in [-0.3, -0.25) is 14.6 Å². The van der Waals surface area contributed by atoms with Gasteiger partial charge in [0, 0.05) is 31.3 Å². The molecule has 0 fully saturated rings. The van der Waals surface area contributed by atoms with Crippen LogP contribution in [0.1, 0.15) is 21.5 Å². The van der Waals surface area contributed by atoms with Gasteiger partial charge >= 0.3 is 0 Å². The van der Waals surface area contributed by atoms with Gasteiger partial charge in [-0.1, -0.05) is 30.3 Å². The summed E-state index contributed by atoms with van der Waals surface area (Å²) in [4.78, 5) is 26.6. The SMILES string of the molecule is CN=C(NCc1ccc(C(=O)NCC(N)=O)cc1)NCc1ccccc1F.I. The van der Waals surface area contributed by atoms with Crippen LogP contribution in [-0.2, 0) is 17.9 Å². The van der Waals surface area contributed by atoms with E-state index in [0.717, 1.165) is 5.56 Å². The number of amides is 2. The first kappa shape index (κ1) is 23.3. The second-order valence-electron chi connectivity index (χ2n) is 5.72. The zero-order chi connectivity index (χ0) is 19.6. The Kier molecular flexibility index (Phi) is 9.93. The number of primary amides is 1. The lowest BCUT2D eigenvalue weighted by Crippen LogP contribution is -2.36. The number of aliphatic imine (C=N–C) groups is 1. The van der Waals surface area contributed by atoms with Crippen LogP contribution in [0, 0.1) is 5.82 Å². The zero-order valence-corrected chi connectivity index (χ0v) is 17.7. The van der Waals surface area contributed by atoms with Crippen LogP contribution in [-0.4, -0.2) is 31.4 Å². The summed E-state index contributed by atoms with van der Waals surface area (Å²) in [7, 11) is 1.63. The standard InChI is InChI=1S/C19H22FN5O2.HI/c1-22-19(25-11-15-4-2-3-5-16(15)20)24-10-13-6-8-14(9-7-13)18(27)23-12-17(21)26;/h2-9H,10-12H2,1H3,(H2,21,26)(H,23,27)(H2,22,24,25);1H. The number of nitrogens with two attached hydrogens (primary N) is 1. The normalized spacial score (nSPS) is 10.6. The number of nitrogens with zero attached hydrogens (tertiary/aromatic N) is 1. The molecular weight excluding hydrogens is 476 g/mol. The number of hydrogen-bond acceptors (Lipinski definition) is 3. The average molecular weight is 499 g/mol. The first-order valence-corrected chi connectivity index (χ1v) is 8.33. The van der Waals surface area contributed by atoms with Gasteiger partial charge < -0.3 is 21.7 Å². The largest absolute Gasteiger partial charge is 0.368 e. The van der Waals surface area contributed by atoms with E-state index in [0.29, 0.717) is 30.2 Å². The molecule has 0 saturated carbocycles. The van der Waals surface area contributed by atoms with E-state index in [1.54, 1.807) is 49.5 Å². The highest BCUT2D eigenvalue weighted by Crippen LogP contribution is 2.06. The van der Waals surface area contributed by atoms with Crippen LogP contribution < -0.4 is 21.7 Å². The fraction of sp³-hybridized carbons (Fsp3) is 0.211. The maximum Gasteiger partial charge on any atom is 0.251 e. The Balaban J connectivity index is 0.00000392. The molecule has 0 unspecified atom stereocenters. The highest BCUT2D eigenvalue weighted by Gasteiger charge is 2.07. The van der Waals surface area contributed by atoms with E-state index >= 15 is 0 Å². The highest BCUT2D eigenvalue weighted by atomic mass is 127. The van der Waals surface area contributed by atoms with E-state index in [4.69, 9.17) is 5.73 Å². The molecule has 150 valence electrons. The van der Waals surface area contributed by atoms with Crippen LogP contribution in [0.25, 0.3) is 0 Å². The summed E-state index contributed by atoms with van der Waals surface area (Å²) in [5.41, 5.74) is 6.90. The molecule has 2 amide bonds. The topological polar surface area (TPSA) is 109 Å². The number of hydrogen-bond donors (Lipinski definition) is 4. The van der Waals surface area contributed by atoms with Crippen molar-refractivity contribution in [3.05, 3.63) is 71.0 Å².